The van der Waals surface area contributed by atoms with Crippen molar-refractivity contribution in [2.45, 2.75) is 64.4 Å². The molecule has 0 aromatic carbocycles. The second-order valence-corrected chi connectivity index (χ2v) is 10.8. The molecule has 0 aliphatic carbocycles. The van der Waals surface area contributed by atoms with E-state index in [2.05, 4.69) is 26.2 Å². The molecular formula is C22H33N3O3S. The minimum absolute atomic E-state index is 0.103. The number of piperidine rings is 2. The lowest BCUT2D eigenvalue weighted by molar-refractivity contribution is -0.140. The van der Waals surface area contributed by atoms with E-state index < -0.39 is 0 Å². The van der Waals surface area contributed by atoms with Crippen LogP contribution in [-0.2, 0) is 21.4 Å². The zero-order chi connectivity index (χ0) is 20.6. The highest BCUT2D eigenvalue weighted by atomic mass is 32.1. The molecule has 2 amide bonds. The van der Waals surface area contributed by atoms with E-state index in [9.17, 15) is 9.59 Å². The largest absolute Gasteiger partial charge is 0.370 e. The third-order valence-corrected chi connectivity index (χ3v) is 7.42. The van der Waals surface area contributed by atoms with Crippen LogP contribution in [0, 0.1) is 11.8 Å². The van der Waals surface area contributed by atoms with Gasteiger partial charge >= 0.3 is 6.03 Å². The number of thiazole rings is 1. The van der Waals surface area contributed by atoms with Crippen molar-refractivity contribution in [2.75, 3.05) is 32.8 Å². The number of fused-ring (bicyclic) bond motifs is 1. The first-order valence-electron chi connectivity index (χ1n) is 10.9. The number of hydrogen-bond donors (Lipinski definition) is 0. The Bertz CT molecular complexity index is 749. The van der Waals surface area contributed by atoms with Crippen molar-refractivity contribution in [3.8, 4) is 0 Å². The van der Waals surface area contributed by atoms with Gasteiger partial charge in [0.15, 0.2) is 5.78 Å². The molecule has 160 valence electrons. The van der Waals surface area contributed by atoms with E-state index in [1.165, 1.54) is 10.7 Å². The number of likely N-dealkylation sites (tertiary alicyclic amines) is 2. The third-order valence-electron chi connectivity index (χ3n) is 6.55. The zero-order valence-corrected chi connectivity index (χ0v) is 18.7. The molecule has 0 radical (unpaired) electrons. The molecule has 29 heavy (non-hydrogen) atoms. The van der Waals surface area contributed by atoms with Crippen LogP contribution in [0.25, 0.3) is 0 Å². The molecule has 3 fully saturated rings. The summed E-state index contributed by atoms with van der Waals surface area (Å²) >= 11 is 1.77. The van der Waals surface area contributed by atoms with Crippen LogP contribution in [0.2, 0.25) is 0 Å². The monoisotopic (exact) mass is 419 g/mol. The highest BCUT2D eigenvalue weighted by molar-refractivity contribution is 7.09. The van der Waals surface area contributed by atoms with Gasteiger partial charge in [-0.05, 0) is 25.2 Å². The Balaban J connectivity index is 1.26. The Labute approximate surface area is 177 Å². The summed E-state index contributed by atoms with van der Waals surface area (Å²) in [6.07, 6.45) is 4.66. The number of nitrogens with zero attached hydrogens (tertiary/aromatic N) is 3. The number of urea groups is 1. The molecule has 0 N–H and O–H groups in total. The minimum atomic E-state index is 0.103. The normalized spacial score (nSPS) is 26.5. The lowest BCUT2D eigenvalue weighted by atomic mass is 9.88. The van der Waals surface area contributed by atoms with Gasteiger partial charge in [0.2, 0.25) is 0 Å². The van der Waals surface area contributed by atoms with Gasteiger partial charge < -0.3 is 14.5 Å². The summed E-state index contributed by atoms with van der Waals surface area (Å²) in [7, 11) is 0. The van der Waals surface area contributed by atoms with Gasteiger partial charge in [-0.2, -0.15) is 0 Å². The second-order valence-electron chi connectivity index (χ2n) is 9.88. The predicted octanol–water partition coefficient (Wildman–Crippen LogP) is 3.50. The SMILES string of the molecule is CC(C)(C)c1csc(CC2CCN(C(=O)N3CC[C@@H]4OCC(=O)C[C@@H]4C3)CC2)n1. The van der Waals surface area contributed by atoms with Crippen molar-refractivity contribution in [3.05, 3.63) is 16.1 Å². The van der Waals surface area contributed by atoms with E-state index in [0.717, 1.165) is 45.3 Å². The fraction of sp³-hybridized carbons (Fsp3) is 0.773. The number of hydrogen-bond acceptors (Lipinski definition) is 5. The number of aromatic nitrogens is 1. The molecule has 0 unspecified atom stereocenters. The van der Waals surface area contributed by atoms with Crippen LogP contribution < -0.4 is 0 Å². The van der Waals surface area contributed by atoms with Crippen LogP contribution in [0.4, 0.5) is 4.79 Å². The maximum Gasteiger partial charge on any atom is 0.320 e. The molecule has 0 saturated carbocycles. The van der Waals surface area contributed by atoms with Crippen molar-refractivity contribution in [1.29, 1.82) is 0 Å². The summed E-state index contributed by atoms with van der Waals surface area (Å²) in [5.74, 6) is 0.944. The van der Waals surface area contributed by atoms with Crippen molar-refractivity contribution >= 4 is 23.2 Å². The number of ether oxygens (including phenoxy) is 1. The summed E-state index contributed by atoms with van der Waals surface area (Å²) < 4.78 is 5.65. The molecule has 3 aliphatic rings. The van der Waals surface area contributed by atoms with Crippen molar-refractivity contribution in [1.82, 2.24) is 14.8 Å². The van der Waals surface area contributed by atoms with Crippen LogP contribution in [-0.4, -0.2) is 65.5 Å². The molecule has 1 aromatic rings. The van der Waals surface area contributed by atoms with Crippen LogP contribution in [0.5, 0.6) is 0 Å². The van der Waals surface area contributed by atoms with Crippen LogP contribution in [0.1, 0.15) is 57.2 Å². The molecule has 0 spiro atoms. The smallest absolute Gasteiger partial charge is 0.320 e. The molecule has 4 rings (SSSR count). The van der Waals surface area contributed by atoms with Gasteiger partial charge in [0.05, 0.1) is 16.8 Å². The fourth-order valence-corrected chi connectivity index (χ4v) is 5.81. The topological polar surface area (TPSA) is 62.7 Å². The van der Waals surface area contributed by atoms with Crippen LogP contribution in [0.15, 0.2) is 5.38 Å². The van der Waals surface area contributed by atoms with Gasteiger partial charge in [-0.3, -0.25) is 4.79 Å². The molecular weight excluding hydrogens is 386 g/mol. The van der Waals surface area contributed by atoms with Gasteiger partial charge in [-0.15, -0.1) is 11.3 Å². The lowest BCUT2D eigenvalue weighted by Crippen LogP contribution is -2.54. The van der Waals surface area contributed by atoms with Crippen LogP contribution >= 0.6 is 11.3 Å². The van der Waals surface area contributed by atoms with Gasteiger partial charge in [0.25, 0.3) is 0 Å². The first kappa shape index (κ1) is 20.8. The zero-order valence-electron chi connectivity index (χ0n) is 17.9. The van der Waals surface area contributed by atoms with Gasteiger partial charge in [0, 0.05) is 55.7 Å². The lowest BCUT2D eigenvalue weighted by Gasteiger charge is -2.43. The van der Waals surface area contributed by atoms with Crippen molar-refractivity contribution in [3.63, 3.8) is 0 Å². The summed E-state index contributed by atoms with van der Waals surface area (Å²) in [5.41, 5.74) is 1.28. The first-order chi connectivity index (χ1) is 13.8. The summed E-state index contributed by atoms with van der Waals surface area (Å²) in [4.78, 5) is 33.5. The summed E-state index contributed by atoms with van der Waals surface area (Å²) in [5, 5.41) is 3.42. The summed E-state index contributed by atoms with van der Waals surface area (Å²) in [6.45, 7) is 9.89. The highest BCUT2D eigenvalue weighted by Gasteiger charge is 2.38. The minimum Gasteiger partial charge on any atom is -0.370 e. The Morgan fingerprint density at radius 3 is 2.62 bits per heavy atom. The summed E-state index contributed by atoms with van der Waals surface area (Å²) in [6, 6.07) is 0.143. The average molecular weight is 420 g/mol. The van der Waals surface area contributed by atoms with Crippen molar-refractivity contribution < 1.29 is 14.3 Å². The standard InChI is InChI=1S/C22H33N3O3S/c1-22(2,3)19-14-29-20(23-19)10-15-4-7-24(8-5-15)21(27)25-9-6-18-16(12-25)11-17(26)13-28-18/h14-16,18H,4-13H2,1-3H3/t16-,18+/m1/s1. The maximum absolute atomic E-state index is 13.0. The molecule has 6 nitrogen and oxygen atoms in total. The van der Waals surface area contributed by atoms with Gasteiger partial charge in [0.1, 0.15) is 6.61 Å². The molecule has 7 heteroatoms. The van der Waals surface area contributed by atoms with Gasteiger partial charge in [-0.25, -0.2) is 9.78 Å². The Morgan fingerprint density at radius 2 is 1.93 bits per heavy atom. The molecule has 3 aliphatic heterocycles. The fourth-order valence-electron chi connectivity index (χ4n) is 4.68. The predicted molar refractivity (Wildman–Crippen MR) is 113 cm³/mol. The van der Waals surface area contributed by atoms with E-state index in [-0.39, 0.29) is 35.9 Å². The van der Waals surface area contributed by atoms with E-state index in [4.69, 9.17) is 9.72 Å². The van der Waals surface area contributed by atoms with E-state index in [0.29, 0.717) is 18.9 Å². The Hall–Kier alpha value is -1.47. The maximum atomic E-state index is 13.0. The van der Waals surface area contributed by atoms with Crippen molar-refractivity contribution in [2.24, 2.45) is 11.8 Å². The Kier molecular flexibility index (Phi) is 5.98. The average Bonchev–Trinajstić information content (AvgIpc) is 3.16. The number of ketones is 1. The van der Waals surface area contributed by atoms with Gasteiger partial charge in [-0.1, -0.05) is 20.8 Å². The third kappa shape index (κ3) is 4.82. The van der Waals surface area contributed by atoms with E-state index >= 15 is 0 Å². The first-order valence-corrected chi connectivity index (χ1v) is 11.8. The molecule has 4 heterocycles. The van der Waals surface area contributed by atoms with E-state index in [1.54, 1.807) is 11.3 Å². The number of Topliss-reactive ketones (excluding diaryl/α,β-unsaturated/α-hetero) is 1. The van der Waals surface area contributed by atoms with Crippen LogP contribution in [0.3, 0.4) is 0 Å². The highest BCUT2D eigenvalue weighted by Crippen LogP contribution is 2.30. The molecule has 0 bridgehead atoms. The molecule has 3 saturated heterocycles. The number of carbonyl (C=O) groups is 2. The number of rotatable bonds is 2. The Morgan fingerprint density at radius 1 is 1.21 bits per heavy atom. The molecule has 2 atom stereocenters. The molecule has 1 aromatic heterocycles. The second kappa shape index (κ2) is 8.34. The number of carbonyl (C=O) groups excluding carboxylic acids is 2. The van der Waals surface area contributed by atoms with E-state index in [1.807, 2.05) is 9.80 Å². The number of amides is 2. The quantitative estimate of drug-likeness (QED) is 0.736.